The second-order valence-corrected chi connectivity index (χ2v) is 5.95. The second-order valence-electron chi connectivity index (χ2n) is 5.95. The van der Waals surface area contributed by atoms with E-state index in [1.165, 1.54) is 0 Å². The van der Waals surface area contributed by atoms with Crippen LogP contribution in [0.15, 0.2) is 48.5 Å². The van der Waals surface area contributed by atoms with Crippen LogP contribution in [-0.2, 0) is 16.9 Å². The van der Waals surface area contributed by atoms with Gasteiger partial charge in [0.1, 0.15) is 5.54 Å². The van der Waals surface area contributed by atoms with Gasteiger partial charge in [-0.05, 0) is 42.3 Å². The molecule has 6 heteroatoms. The lowest BCUT2D eigenvalue weighted by Gasteiger charge is -2.22. The van der Waals surface area contributed by atoms with E-state index in [1.54, 1.807) is 55.5 Å². The van der Waals surface area contributed by atoms with Crippen molar-refractivity contribution < 1.29 is 9.59 Å². The van der Waals surface area contributed by atoms with Gasteiger partial charge in [-0.15, -0.1) is 0 Å². The molecule has 2 aromatic carbocycles. The van der Waals surface area contributed by atoms with Crippen molar-refractivity contribution in [1.29, 1.82) is 10.5 Å². The standard InChI is InChI=1S/C19H14N4O2/c1-19(16-4-2-3-15(9-16)11-21)17(24)23(18(25)22-19)12-14-7-5-13(10-20)6-8-14/h2-9H,12H2,1H3,(H,22,25)/t19-/m1/s1. The number of benzene rings is 2. The van der Waals surface area contributed by atoms with Crippen LogP contribution in [0.2, 0.25) is 0 Å². The third kappa shape index (κ3) is 2.82. The topological polar surface area (TPSA) is 97.0 Å². The van der Waals surface area contributed by atoms with Gasteiger partial charge in [0.25, 0.3) is 5.91 Å². The van der Waals surface area contributed by atoms with E-state index in [9.17, 15) is 9.59 Å². The molecule has 0 spiro atoms. The Labute approximate surface area is 144 Å². The molecule has 6 nitrogen and oxygen atoms in total. The van der Waals surface area contributed by atoms with Crippen LogP contribution in [0.4, 0.5) is 4.79 Å². The van der Waals surface area contributed by atoms with Crippen LogP contribution < -0.4 is 5.32 Å². The molecule has 0 aromatic heterocycles. The zero-order chi connectivity index (χ0) is 18.0. The van der Waals surface area contributed by atoms with Gasteiger partial charge in [0.2, 0.25) is 0 Å². The highest BCUT2D eigenvalue weighted by molar-refractivity contribution is 6.07. The average molecular weight is 330 g/mol. The fourth-order valence-corrected chi connectivity index (χ4v) is 2.80. The summed E-state index contributed by atoms with van der Waals surface area (Å²) < 4.78 is 0. The molecule has 0 saturated carbocycles. The fraction of sp³-hybridized carbons (Fsp3) is 0.158. The van der Waals surface area contributed by atoms with Gasteiger partial charge >= 0.3 is 6.03 Å². The molecule has 0 bridgehead atoms. The minimum Gasteiger partial charge on any atom is -0.319 e. The maximum atomic E-state index is 12.9. The van der Waals surface area contributed by atoms with E-state index in [2.05, 4.69) is 5.32 Å². The zero-order valence-corrected chi connectivity index (χ0v) is 13.5. The van der Waals surface area contributed by atoms with Gasteiger partial charge in [-0.25, -0.2) is 4.79 Å². The molecule has 3 amide bonds. The molecule has 1 fully saturated rings. The minimum atomic E-state index is -1.21. The third-order valence-corrected chi connectivity index (χ3v) is 4.27. The first-order chi connectivity index (χ1) is 12.0. The number of nitriles is 2. The predicted molar refractivity (Wildman–Crippen MR) is 88.7 cm³/mol. The summed E-state index contributed by atoms with van der Waals surface area (Å²) in [4.78, 5) is 26.3. The largest absolute Gasteiger partial charge is 0.325 e. The highest BCUT2D eigenvalue weighted by Crippen LogP contribution is 2.30. The van der Waals surface area contributed by atoms with Crippen molar-refractivity contribution in [3.63, 3.8) is 0 Å². The van der Waals surface area contributed by atoms with Crippen molar-refractivity contribution in [3.8, 4) is 12.1 Å². The summed E-state index contributed by atoms with van der Waals surface area (Å²) in [6, 6.07) is 16.9. The number of hydrogen-bond donors (Lipinski definition) is 1. The van der Waals surface area contributed by atoms with Gasteiger partial charge in [0.15, 0.2) is 0 Å². The summed E-state index contributed by atoms with van der Waals surface area (Å²) >= 11 is 0. The Hall–Kier alpha value is -3.64. The van der Waals surface area contributed by atoms with Crippen LogP contribution in [0.3, 0.4) is 0 Å². The molecule has 3 rings (SSSR count). The number of amides is 3. The number of urea groups is 1. The molecular formula is C19H14N4O2. The van der Waals surface area contributed by atoms with Crippen molar-refractivity contribution in [2.24, 2.45) is 0 Å². The Morgan fingerprint density at radius 2 is 1.72 bits per heavy atom. The molecule has 0 aliphatic carbocycles. The van der Waals surface area contributed by atoms with Crippen LogP contribution in [0.25, 0.3) is 0 Å². The van der Waals surface area contributed by atoms with E-state index in [-0.39, 0.29) is 12.5 Å². The maximum absolute atomic E-state index is 12.9. The lowest BCUT2D eigenvalue weighted by atomic mass is 9.91. The number of nitrogens with zero attached hydrogens (tertiary/aromatic N) is 3. The van der Waals surface area contributed by atoms with Crippen molar-refractivity contribution in [3.05, 3.63) is 70.8 Å². The second kappa shape index (κ2) is 6.10. The number of nitrogens with one attached hydrogen (secondary N) is 1. The quantitative estimate of drug-likeness (QED) is 0.874. The van der Waals surface area contributed by atoms with Gasteiger partial charge in [-0.2, -0.15) is 10.5 Å². The SMILES string of the molecule is C[C@]1(c2cccc(C#N)c2)NC(=O)N(Cc2ccc(C#N)cc2)C1=O. The van der Waals surface area contributed by atoms with E-state index in [4.69, 9.17) is 10.5 Å². The molecule has 1 aliphatic heterocycles. The summed E-state index contributed by atoms with van der Waals surface area (Å²) in [6.07, 6.45) is 0. The first-order valence-corrected chi connectivity index (χ1v) is 7.62. The zero-order valence-electron chi connectivity index (χ0n) is 13.5. The van der Waals surface area contributed by atoms with Gasteiger partial charge < -0.3 is 5.32 Å². The fourth-order valence-electron chi connectivity index (χ4n) is 2.80. The van der Waals surface area contributed by atoms with Crippen LogP contribution in [0.5, 0.6) is 0 Å². The lowest BCUT2D eigenvalue weighted by molar-refractivity contribution is -0.131. The van der Waals surface area contributed by atoms with Gasteiger partial charge in [0, 0.05) is 0 Å². The first-order valence-electron chi connectivity index (χ1n) is 7.62. The van der Waals surface area contributed by atoms with E-state index in [0.29, 0.717) is 16.7 Å². The summed E-state index contributed by atoms with van der Waals surface area (Å²) in [5, 5.41) is 20.6. The Morgan fingerprint density at radius 3 is 2.36 bits per heavy atom. The predicted octanol–water partition coefficient (Wildman–Crippen LogP) is 2.40. The van der Waals surface area contributed by atoms with Crippen LogP contribution >= 0.6 is 0 Å². The molecule has 25 heavy (non-hydrogen) atoms. The van der Waals surface area contributed by atoms with Crippen molar-refractivity contribution >= 4 is 11.9 Å². The minimum absolute atomic E-state index is 0.115. The van der Waals surface area contributed by atoms with Gasteiger partial charge in [0.05, 0.1) is 29.8 Å². The summed E-state index contributed by atoms with van der Waals surface area (Å²) in [5.41, 5.74) is 1.03. The highest BCUT2D eigenvalue weighted by atomic mass is 16.2. The van der Waals surface area contributed by atoms with Crippen molar-refractivity contribution in [2.75, 3.05) is 0 Å². The Bertz CT molecular complexity index is 937. The number of rotatable bonds is 3. The molecule has 1 atom stereocenters. The van der Waals surface area contributed by atoms with E-state index < -0.39 is 11.6 Å². The smallest absolute Gasteiger partial charge is 0.319 e. The van der Waals surface area contributed by atoms with Crippen LogP contribution in [-0.4, -0.2) is 16.8 Å². The Kier molecular flexibility index (Phi) is 3.96. The van der Waals surface area contributed by atoms with Crippen molar-refractivity contribution in [2.45, 2.75) is 19.0 Å². The van der Waals surface area contributed by atoms with E-state index in [0.717, 1.165) is 10.5 Å². The van der Waals surface area contributed by atoms with E-state index >= 15 is 0 Å². The summed E-state index contributed by atoms with van der Waals surface area (Å²) in [6.45, 7) is 1.74. The molecule has 1 heterocycles. The normalized spacial score (nSPS) is 19.2. The first kappa shape index (κ1) is 16.2. The summed E-state index contributed by atoms with van der Waals surface area (Å²) in [7, 11) is 0. The molecule has 1 aliphatic rings. The molecular weight excluding hydrogens is 316 g/mol. The Morgan fingerprint density at radius 1 is 1.04 bits per heavy atom. The number of carbonyl (C=O) groups excluding carboxylic acids is 2. The third-order valence-electron chi connectivity index (χ3n) is 4.27. The molecule has 2 aromatic rings. The molecule has 1 N–H and O–H groups in total. The summed E-state index contributed by atoms with van der Waals surface area (Å²) in [5.74, 6) is -0.378. The van der Waals surface area contributed by atoms with Crippen LogP contribution in [0, 0.1) is 22.7 Å². The molecule has 122 valence electrons. The van der Waals surface area contributed by atoms with Crippen molar-refractivity contribution in [1.82, 2.24) is 10.2 Å². The highest BCUT2D eigenvalue weighted by Gasteiger charge is 2.48. The monoisotopic (exact) mass is 330 g/mol. The number of carbonyl (C=O) groups is 2. The molecule has 1 saturated heterocycles. The molecule has 0 unspecified atom stereocenters. The molecule has 0 radical (unpaired) electrons. The lowest BCUT2D eigenvalue weighted by Crippen LogP contribution is -2.40. The number of hydrogen-bond acceptors (Lipinski definition) is 4. The van der Waals surface area contributed by atoms with Gasteiger partial charge in [-0.3, -0.25) is 9.69 Å². The van der Waals surface area contributed by atoms with Crippen LogP contribution in [0.1, 0.15) is 29.2 Å². The maximum Gasteiger partial charge on any atom is 0.325 e. The van der Waals surface area contributed by atoms with E-state index in [1.807, 2.05) is 12.1 Å². The average Bonchev–Trinajstić information content (AvgIpc) is 2.86. The Balaban J connectivity index is 1.88. The van der Waals surface area contributed by atoms with Gasteiger partial charge in [-0.1, -0.05) is 24.3 Å². The number of imide groups is 1.